The first-order chi connectivity index (χ1) is 7.20. The lowest BCUT2D eigenvalue weighted by Crippen LogP contribution is -2.01. The molecule has 2 aromatic rings. The summed E-state index contributed by atoms with van der Waals surface area (Å²) >= 11 is 1.56. The standard InChI is InChI=1S/C10H10N2O2S/c11-4-3-9-12-7-5-6(10(13)14)1-2-8(7)15-9/h1-2,5H,3-4,11H2,(H,13,14). The van der Waals surface area contributed by atoms with E-state index in [0.29, 0.717) is 6.54 Å². The molecular weight excluding hydrogens is 212 g/mol. The minimum atomic E-state index is -0.926. The van der Waals surface area contributed by atoms with Gasteiger partial charge in [-0.2, -0.15) is 0 Å². The molecule has 78 valence electrons. The molecule has 0 amide bonds. The number of thiazole rings is 1. The van der Waals surface area contributed by atoms with Gasteiger partial charge in [-0.1, -0.05) is 0 Å². The van der Waals surface area contributed by atoms with Gasteiger partial charge in [0.15, 0.2) is 0 Å². The van der Waals surface area contributed by atoms with Crippen LogP contribution in [0.5, 0.6) is 0 Å². The van der Waals surface area contributed by atoms with Crippen LogP contribution in [-0.4, -0.2) is 22.6 Å². The van der Waals surface area contributed by atoms with Gasteiger partial charge >= 0.3 is 5.97 Å². The SMILES string of the molecule is NCCc1nc2cc(C(=O)O)ccc2s1. The summed E-state index contributed by atoms with van der Waals surface area (Å²) in [5.41, 5.74) is 6.44. The smallest absolute Gasteiger partial charge is 0.335 e. The first kappa shape index (κ1) is 10.1. The van der Waals surface area contributed by atoms with E-state index in [4.69, 9.17) is 10.8 Å². The lowest BCUT2D eigenvalue weighted by Gasteiger charge is -1.91. The van der Waals surface area contributed by atoms with E-state index in [1.807, 2.05) is 0 Å². The molecule has 0 unspecified atom stereocenters. The molecule has 0 radical (unpaired) electrons. The fraction of sp³-hybridized carbons (Fsp3) is 0.200. The number of aromatic nitrogens is 1. The van der Waals surface area contributed by atoms with Gasteiger partial charge in [0, 0.05) is 6.42 Å². The van der Waals surface area contributed by atoms with E-state index in [0.717, 1.165) is 21.6 Å². The van der Waals surface area contributed by atoms with Crippen LogP contribution in [0.3, 0.4) is 0 Å². The first-order valence-electron chi connectivity index (χ1n) is 4.53. The average molecular weight is 222 g/mol. The molecule has 1 aromatic carbocycles. The predicted octanol–water partition coefficient (Wildman–Crippen LogP) is 1.50. The Hall–Kier alpha value is -1.46. The summed E-state index contributed by atoms with van der Waals surface area (Å²) < 4.78 is 1.00. The van der Waals surface area contributed by atoms with Crippen molar-refractivity contribution in [2.45, 2.75) is 6.42 Å². The fourth-order valence-electron chi connectivity index (χ4n) is 1.34. The molecule has 0 aliphatic heterocycles. The van der Waals surface area contributed by atoms with Crippen LogP contribution in [0, 0.1) is 0 Å². The number of carboxylic acids is 1. The molecule has 1 heterocycles. The van der Waals surface area contributed by atoms with Crippen molar-refractivity contribution in [1.29, 1.82) is 0 Å². The molecule has 5 heteroatoms. The summed E-state index contributed by atoms with van der Waals surface area (Å²) in [4.78, 5) is 15.1. The Morgan fingerprint density at radius 3 is 3.00 bits per heavy atom. The second-order valence-corrected chi connectivity index (χ2v) is 4.25. The molecule has 0 aliphatic rings. The van der Waals surface area contributed by atoms with E-state index in [9.17, 15) is 4.79 Å². The zero-order chi connectivity index (χ0) is 10.8. The van der Waals surface area contributed by atoms with Crippen molar-refractivity contribution in [1.82, 2.24) is 4.98 Å². The number of nitrogens with zero attached hydrogens (tertiary/aromatic N) is 1. The number of aromatic carboxylic acids is 1. The molecule has 4 nitrogen and oxygen atoms in total. The Morgan fingerprint density at radius 2 is 2.33 bits per heavy atom. The van der Waals surface area contributed by atoms with Crippen molar-refractivity contribution in [3.63, 3.8) is 0 Å². The molecule has 0 fully saturated rings. The maximum atomic E-state index is 10.7. The third kappa shape index (κ3) is 1.98. The van der Waals surface area contributed by atoms with Crippen LogP contribution in [0.15, 0.2) is 18.2 Å². The molecule has 0 saturated carbocycles. The van der Waals surface area contributed by atoms with Crippen molar-refractivity contribution in [2.24, 2.45) is 5.73 Å². The van der Waals surface area contributed by atoms with Gasteiger partial charge in [-0.05, 0) is 24.7 Å². The van der Waals surface area contributed by atoms with Crippen molar-refractivity contribution in [2.75, 3.05) is 6.54 Å². The lowest BCUT2D eigenvalue weighted by molar-refractivity contribution is 0.0697. The van der Waals surface area contributed by atoms with Crippen molar-refractivity contribution >= 4 is 27.5 Å². The van der Waals surface area contributed by atoms with Crippen molar-refractivity contribution in [3.8, 4) is 0 Å². The highest BCUT2D eigenvalue weighted by atomic mass is 32.1. The molecule has 0 spiro atoms. The monoisotopic (exact) mass is 222 g/mol. The summed E-state index contributed by atoms with van der Waals surface area (Å²) in [6.45, 7) is 0.561. The Labute approximate surface area is 90.4 Å². The molecular formula is C10H10N2O2S. The van der Waals surface area contributed by atoms with E-state index in [1.165, 1.54) is 0 Å². The van der Waals surface area contributed by atoms with Crippen LogP contribution in [0.25, 0.3) is 10.2 Å². The number of hydrogen-bond donors (Lipinski definition) is 2. The Kier molecular flexibility index (Phi) is 2.66. The van der Waals surface area contributed by atoms with Gasteiger partial charge in [-0.25, -0.2) is 9.78 Å². The van der Waals surface area contributed by atoms with Gasteiger partial charge in [-0.3, -0.25) is 0 Å². The van der Waals surface area contributed by atoms with E-state index in [-0.39, 0.29) is 5.56 Å². The summed E-state index contributed by atoms with van der Waals surface area (Å²) in [6, 6.07) is 4.97. The molecule has 3 N–H and O–H groups in total. The number of carboxylic acid groups (broad SMARTS) is 1. The fourth-order valence-corrected chi connectivity index (χ4v) is 2.30. The van der Waals surface area contributed by atoms with Gasteiger partial charge in [0.05, 0.1) is 20.8 Å². The van der Waals surface area contributed by atoms with Crippen LogP contribution < -0.4 is 5.73 Å². The summed E-state index contributed by atoms with van der Waals surface area (Å²) in [6.07, 6.45) is 0.738. The van der Waals surface area contributed by atoms with Gasteiger partial charge < -0.3 is 10.8 Å². The Bertz CT molecular complexity index is 507. The molecule has 15 heavy (non-hydrogen) atoms. The molecule has 2 rings (SSSR count). The highest BCUT2D eigenvalue weighted by molar-refractivity contribution is 7.18. The van der Waals surface area contributed by atoms with Crippen LogP contribution in [0.2, 0.25) is 0 Å². The van der Waals surface area contributed by atoms with E-state index < -0.39 is 5.97 Å². The molecule has 0 bridgehead atoms. The van der Waals surface area contributed by atoms with Crippen LogP contribution >= 0.6 is 11.3 Å². The predicted molar refractivity (Wildman–Crippen MR) is 59.3 cm³/mol. The van der Waals surface area contributed by atoms with E-state index in [1.54, 1.807) is 29.5 Å². The maximum absolute atomic E-state index is 10.7. The summed E-state index contributed by atoms with van der Waals surface area (Å²) in [5, 5.41) is 9.76. The van der Waals surface area contributed by atoms with E-state index >= 15 is 0 Å². The third-order valence-corrected chi connectivity index (χ3v) is 3.13. The average Bonchev–Trinajstić information content (AvgIpc) is 2.59. The number of carbonyl (C=O) groups is 1. The van der Waals surface area contributed by atoms with Crippen LogP contribution in [-0.2, 0) is 6.42 Å². The van der Waals surface area contributed by atoms with Gasteiger partial charge in [0.1, 0.15) is 0 Å². The normalized spacial score (nSPS) is 10.7. The molecule has 0 atom stereocenters. The van der Waals surface area contributed by atoms with Crippen LogP contribution in [0.4, 0.5) is 0 Å². The van der Waals surface area contributed by atoms with Gasteiger partial charge in [-0.15, -0.1) is 11.3 Å². The highest BCUT2D eigenvalue weighted by Crippen LogP contribution is 2.23. The summed E-state index contributed by atoms with van der Waals surface area (Å²) in [5.74, 6) is -0.926. The highest BCUT2D eigenvalue weighted by Gasteiger charge is 2.07. The van der Waals surface area contributed by atoms with E-state index in [2.05, 4.69) is 4.98 Å². The Morgan fingerprint density at radius 1 is 1.53 bits per heavy atom. The molecule has 0 aliphatic carbocycles. The number of fused-ring (bicyclic) bond motifs is 1. The van der Waals surface area contributed by atoms with Crippen molar-refractivity contribution in [3.05, 3.63) is 28.8 Å². The second-order valence-electron chi connectivity index (χ2n) is 3.13. The zero-order valence-electron chi connectivity index (χ0n) is 7.93. The molecule has 1 aromatic heterocycles. The first-order valence-corrected chi connectivity index (χ1v) is 5.35. The number of hydrogen-bond acceptors (Lipinski definition) is 4. The minimum absolute atomic E-state index is 0.270. The van der Waals surface area contributed by atoms with Gasteiger partial charge in [0.25, 0.3) is 0 Å². The lowest BCUT2D eigenvalue weighted by atomic mass is 10.2. The largest absolute Gasteiger partial charge is 0.478 e. The minimum Gasteiger partial charge on any atom is -0.478 e. The number of benzene rings is 1. The van der Waals surface area contributed by atoms with Gasteiger partial charge in [0.2, 0.25) is 0 Å². The quantitative estimate of drug-likeness (QED) is 0.825. The maximum Gasteiger partial charge on any atom is 0.335 e. The van der Waals surface area contributed by atoms with Crippen LogP contribution in [0.1, 0.15) is 15.4 Å². The Balaban J connectivity index is 2.47. The zero-order valence-corrected chi connectivity index (χ0v) is 8.75. The number of rotatable bonds is 3. The second kappa shape index (κ2) is 3.96. The topological polar surface area (TPSA) is 76.2 Å². The molecule has 0 saturated heterocycles. The van der Waals surface area contributed by atoms with Crippen molar-refractivity contribution < 1.29 is 9.90 Å². The summed E-state index contributed by atoms with van der Waals surface area (Å²) in [7, 11) is 0. The number of nitrogens with two attached hydrogens (primary N) is 1. The third-order valence-electron chi connectivity index (χ3n) is 2.04.